The second-order valence-electron chi connectivity index (χ2n) is 6.07. The van der Waals surface area contributed by atoms with E-state index in [1.807, 2.05) is 23.6 Å². The normalized spacial score (nSPS) is 27.8. The summed E-state index contributed by atoms with van der Waals surface area (Å²) in [5.41, 5.74) is 0. The predicted octanol–water partition coefficient (Wildman–Crippen LogP) is 0.580. The molecule has 0 saturated carbocycles. The van der Waals surface area contributed by atoms with Crippen LogP contribution in [0.15, 0.2) is 23.6 Å². The fourth-order valence-corrected chi connectivity index (χ4v) is 3.72. The molecule has 5 nitrogen and oxygen atoms in total. The van der Waals surface area contributed by atoms with Gasteiger partial charge < -0.3 is 14.9 Å². The van der Waals surface area contributed by atoms with Crippen LogP contribution in [-0.2, 0) is 4.79 Å². The van der Waals surface area contributed by atoms with Gasteiger partial charge >= 0.3 is 0 Å². The van der Waals surface area contributed by atoms with Gasteiger partial charge in [-0.25, -0.2) is 0 Å². The molecule has 2 atom stereocenters. The molecule has 2 aliphatic heterocycles. The molecule has 0 bridgehead atoms. The molecule has 1 aromatic rings. The number of nitrogens with zero attached hydrogens (tertiary/aromatic N) is 3. The molecule has 120 valence electrons. The highest BCUT2D eigenvalue weighted by atomic mass is 32.1. The Morgan fingerprint density at radius 1 is 1.32 bits per heavy atom. The fraction of sp³-hybridized carbons (Fsp3) is 0.562. The second-order valence-corrected chi connectivity index (χ2v) is 7.05. The van der Waals surface area contributed by atoms with Crippen molar-refractivity contribution >= 4 is 23.3 Å². The van der Waals surface area contributed by atoms with Crippen molar-refractivity contribution in [3.8, 4) is 0 Å². The van der Waals surface area contributed by atoms with Crippen molar-refractivity contribution in [2.45, 2.75) is 12.1 Å². The van der Waals surface area contributed by atoms with Crippen LogP contribution in [0.5, 0.6) is 0 Å². The largest absolute Gasteiger partial charge is 0.390 e. The Morgan fingerprint density at radius 3 is 2.77 bits per heavy atom. The van der Waals surface area contributed by atoms with E-state index < -0.39 is 6.10 Å². The Hall–Kier alpha value is -1.21. The molecule has 0 aliphatic carbocycles. The Balaban J connectivity index is 1.57. The van der Waals surface area contributed by atoms with Gasteiger partial charge in [-0.2, -0.15) is 0 Å². The van der Waals surface area contributed by atoms with Crippen LogP contribution in [0.3, 0.4) is 0 Å². The van der Waals surface area contributed by atoms with Crippen LogP contribution >= 0.6 is 11.3 Å². The molecule has 0 aromatic carbocycles. The molecule has 2 aliphatic rings. The number of hydrogen-bond donors (Lipinski definition) is 1. The molecule has 2 fully saturated rings. The Morgan fingerprint density at radius 2 is 2.09 bits per heavy atom. The number of likely N-dealkylation sites (tertiary alicyclic amines) is 1. The summed E-state index contributed by atoms with van der Waals surface area (Å²) in [5, 5.41) is 12.3. The number of piperazine rings is 1. The summed E-state index contributed by atoms with van der Waals surface area (Å²) in [7, 11) is 2.12. The fourth-order valence-electron chi connectivity index (χ4n) is 3.11. The third kappa shape index (κ3) is 3.57. The van der Waals surface area contributed by atoms with Gasteiger partial charge in [0.25, 0.3) is 0 Å². The lowest BCUT2D eigenvalue weighted by atomic mass is 10.1. The zero-order chi connectivity index (χ0) is 15.5. The number of hydrogen-bond acceptors (Lipinski definition) is 5. The van der Waals surface area contributed by atoms with Crippen molar-refractivity contribution in [1.82, 2.24) is 14.7 Å². The highest BCUT2D eigenvalue weighted by Crippen LogP contribution is 2.19. The van der Waals surface area contributed by atoms with Gasteiger partial charge in [0.15, 0.2) is 0 Å². The summed E-state index contributed by atoms with van der Waals surface area (Å²) in [4.78, 5) is 19.7. The summed E-state index contributed by atoms with van der Waals surface area (Å²) in [6, 6.07) is 4.03. The van der Waals surface area contributed by atoms with E-state index in [9.17, 15) is 9.90 Å². The van der Waals surface area contributed by atoms with Crippen molar-refractivity contribution in [3.63, 3.8) is 0 Å². The van der Waals surface area contributed by atoms with Crippen molar-refractivity contribution in [2.24, 2.45) is 0 Å². The van der Waals surface area contributed by atoms with Crippen molar-refractivity contribution in [1.29, 1.82) is 0 Å². The van der Waals surface area contributed by atoms with Crippen LogP contribution in [0.2, 0.25) is 0 Å². The van der Waals surface area contributed by atoms with Crippen molar-refractivity contribution < 1.29 is 9.90 Å². The predicted molar refractivity (Wildman–Crippen MR) is 88.8 cm³/mol. The SMILES string of the molecule is CN1CCN([C@@H]2CN(C(=O)/C=C/c3cccs3)C[C@H]2O)CC1. The summed E-state index contributed by atoms with van der Waals surface area (Å²) in [6.45, 7) is 5.03. The third-order valence-corrected chi connectivity index (χ3v) is 5.35. The first-order valence-corrected chi connectivity index (χ1v) is 8.62. The van der Waals surface area contributed by atoms with Crippen LogP contribution in [0.4, 0.5) is 0 Å². The molecule has 0 radical (unpaired) electrons. The number of aliphatic hydroxyl groups excluding tert-OH is 1. The van der Waals surface area contributed by atoms with Gasteiger partial charge in [-0.1, -0.05) is 6.07 Å². The summed E-state index contributed by atoms with van der Waals surface area (Å²) in [5.74, 6) is -0.0101. The number of amides is 1. The maximum Gasteiger partial charge on any atom is 0.246 e. The summed E-state index contributed by atoms with van der Waals surface area (Å²) < 4.78 is 0. The average Bonchev–Trinajstić information content (AvgIpc) is 3.15. The van der Waals surface area contributed by atoms with E-state index in [1.54, 1.807) is 22.3 Å². The zero-order valence-electron chi connectivity index (χ0n) is 12.9. The third-order valence-electron chi connectivity index (χ3n) is 4.51. The first-order valence-electron chi connectivity index (χ1n) is 7.74. The highest BCUT2D eigenvalue weighted by molar-refractivity contribution is 7.10. The zero-order valence-corrected chi connectivity index (χ0v) is 13.7. The molecular weight excluding hydrogens is 298 g/mol. The number of β-amino-alcohol motifs (C(OH)–C–C–N with tert-alkyl or cyclic N) is 1. The van der Waals surface area contributed by atoms with Gasteiger partial charge in [0, 0.05) is 50.2 Å². The molecule has 3 rings (SSSR count). The van der Waals surface area contributed by atoms with Crippen molar-refractivity contribution in [3.05, 3.63) is 28.5 Å². The van der Waals surface area contributed by atoms with E-state index in [2.05, 4.69) is 16.8 Å². The van der Waals surface area contributed by atoms with E-state index in [0.717, 1.165) is 31.1 Å². The van der Waals surface area contributed by atoms with Gasteiger partial charge in [0.05, 0.1) is 12.1 Å². The van der Waals surface area contributed by atoms with E-state index in [0.29, 0.717) is 13.1 Å². The molecule has 3 heterocycles. The van der Waals surface area contributed by atoms with E-state index in [4.69, 9.17) is 0 Å². The smallest absolute Gasteiger partial charge is 0.246 e. The topological polar surface area (TPSA) is 47.0 Å². The highest BCUT2D eigenvalue weighted by Gasteiger charge is 2.37. The maximum absolute atomic E-state index is 12.3. The van der Waals surface area contributed by atoms with Gasteiger partial charge in [-0.15, -0.1) is 11.3 Å². The maximum atomic E-state index is 12.3. The molecule has 1 aromatic heterocycles. The number of likely N-dealkylation sites (N-methyl/N-ethyl adjacent to an activating group) is 1. The van der Waals surface area contributed by atoms with Crippen molar-refractivity contribution in [2.75, 3.05) is 46.3 Å². The first kappa shape index (κ1) is 15.7. The van der Waals surface area contributed by atoms with Gasteiger partial charge in [-0.3, -0.25) is 9.69 Å². The summed E-state index contributed by atoms with van der Waals surface area (Å²) >= 11 is 1.61. The standard InChI is InChI=1S/C16H23N3O2S/c1-17-6-8-18(9-7-17)14-11-19(12-15(14)20)16(21)5-4-13-3-2-10-22-13/h2-5,10,14-15,20H,6-9,11-12H2,1H3/b5-4+/t14-,15-/m1/s1. The average molecular weight is 321 g/mol. The van der Waals surface area contributed by atoms with Crippen LogP contribution in [0.1, 0.15) is 4.88 Å². The van der Waals surface area contributed by atoms with Crippen LogP contribution in [0.25, 0.3) is 6.08 Å². The van der Waals surface area contributed by atoms with E-state index in [1.165, 1.54) is 0 Å². The lowest BCUT2D eigenvalue weighted by Crippen LogP contribution is -2.52. The molecular formula is C16H23N3O2S. The molecule has 0 unspecified atom stereocenters. The van der Waals surface area contributed by atoms with Crippen LogP contribution < -0.4 is 0 Å². The van der Waals surface area contributed by atoms with Crippen LogP contribution in [-0.4, -0.2) is 84.2 Å². The first-order chi connectivity index (χ1) is 10.6. The van der Waals surface area contributed by atoms with E-state index in [-0.39, 0.29) is 11.9 Å². The Labute approximate surface area is 135 Å². The molecule has 6 heteroatoms. The molecule has 0 spiro atoms. The van der Waals surface area contributed by atoms with Gasteiger partial charge in [0.1, 0.15) is 0 Å². The number of thiophene rings is 1. The second kappa shape index (κ2) is 6.91. The lowest BCUT2D eigenvalue weighted by Gasteiger charge is -2.37. The molecule has 2 saturated heterocycles. The Bertz CT molecular complexity index is 524. The quantitative estimate of drug-likeness (QED) is 0.828. The lowest BCUT2D eigenvalue weighted by molar-refractivity contribution is -0.125. The minimum atomic E-state index is -0.442. The van der Waals surface area contributed by atoms with Crippen LogP contribution in [0, 0.1) is 0 Å². The minimum absolute atomic E-state index is 0.0101. The molecule has 1 N–H and O–H groups in total. The number of carbonyl (C=O) groups is 1. The van der Waals surface area contributed by atoms with E-state index >= 15 is 0 Å². The van der Waals surface area contributed by atoms with Gasteiger partial charge in [-0.05, 0) is 24.6 Å². The minimum Gasteiger partial charge on any atom is -0.390 e. The number of aliphatic hydroxyl groups is 1. The molecule has 22 heavy (non-hydrogen) atoms. The van der Waals surface area contributed by atoms with Gasteiger partial charge in [0.2, 0.25) is 5.91 Å². The monoisotopic (exact) mass is 321 g/mol. The number of rotatable bonds is 3. The number of carbonyl (C=O) groups excluding carboxylic acids is 1. The summed E-state index contributed by atoms with van der Waals surface area (Å²) in [6.07, 6.45) is 3.02. The molecule has 1 amide bonds. The Kier molecular flexibility index (Phi) is 4.93.